The number of rotatable bonds is 4. The standard InChI is InChI=1S/C23H22FN9O/c1-26-15-7-12(24)6-14-18-20(29-19(14)15)30-22(34-13-8-27-17-2-5-28-33(17)9-13)31-21(18)32-10-16(25)23(11-32)3-4-23/h2,5-9,16,26H,3-4,10-11,25H2,1H3,(H,29,30,31). The van der Waals surface area contributed by atoms with Gasteiger partial charge < -0.3 is 25.7 Å². The van der Waals surface area contributed by atoms with E-state index in [0.29, 0.717) is 40.5 Å². The zero-order valence-corrected chi connectivity index (χ0v) is 18.4. The maximum absolute atomic E-state index is 14.5. The minimum absolute atomic E-state index is 0.0723. The summed E-state index contributed by atoms with van der Waals surface area (Å²) in [5.41, 5.74) is 9.32. The third-order valence-corrected chi connectivity index (χ3v) is 7.09. The summed E-state index contributed by atoms with van der Waals surface area (Å²) in [5.74, 6) is 0.807. The Morgan fingerprint density at radius 2 is 2.18 bits per heavy atom. The van der Waals surface area contributed by atoms with Crippen molar-refractivity contribution in [3.8, 4) is 11.8 Å². The number of aromatic amines is 1. The molecule has 7 rings (SSSR count). The van der Waals surface area contributed by atoms with Crippen molar-refractivity contribution in [2.45, 2.75) is 18.9 Å². The van der Waals surface area contributed by atoms with Gasteiger partial charge in [-0.1, -0.05) is 0 Å². The molecule has 1 atom stereocenters. The van der Waals surface area contributed by atoms with Gasteiger partial charge >= 0.3 is 6.01 Å². The maximum atomic E-state index is 14.5. The van der Waals surface area contributed by atoms with Gasteiger partial charge in [-0.3, -0.25) is 0 Å². The minimum Gasteiger partial charge on any atom is -0.421 e. The van der Waals surface area contributed by atoms with Gasteiger partial charge in [0.2, 0.25) is 0 Å². The monoisotopic (exact) mass is 459 g/mol. The molecule has 10 nitrogen and oxygen atoms in total. The van der Waals surface area contributed by atoms with Gasteiger partial charge in [-0.15, -0.1) is 0 Å². The molecular formula is C23H22FN9O. The molecule has 4 N–H and O–H groups in total. The predicted octanol–water partition coefficient (Wildman–Crippen LogP) is 3.05. The van der Waals surface area contributed by atoms with Crippen LogP contribution in [0.5, 0.6) is 11.8 Å². The Labute approximate surface area is 192 Å². The average molecular weight is 459 g/mol. The van der Waals surface area contributed by atoms with Gasteiger partial charge in [0.25, 0.3) is 0 Å². The molecule has 5 heterocycles. The number of hydrogen-bond acceptors (Lipinski definition) is 8. The van der Waals surface area contributed by atoms with Crippen molar-refractivity contribution < 1.29 is 9.13 Å². The van der Waals surface area contributed by atoms with E-state index >= 15 is 0 Å². The lowest BCUT2D eigenvalue weighted by Gasteiger charge is -2.19. The van der Waals surface area contributed by atoms with Crippen LogP contribution < -0.4 is 20.7 Å². The van der Waals surface area contributed by atoms with Crippen molar-refractivity contribution in [3.05, 3.63) is 42.6 Å². The normalized spacial score (nSPS) is 19.0. The van der Waals surface area contributed by atoms with E-state index in [4.69, 9.17) is 15.5 Å². The fourth-order valence-corrected chi connectivity index (χ4v) is 5.09. The Hall–Kier alpha value is -3.99. The maximum Gasteiger partial charge on any atom is 0.326 e. The van der Waals surface area contributed by atoms with E-state index < -0.39 is 0 Å². The molecule has 1 saturated carbocycles. The van der Waals surface area contributed by atoms with Gasteiger partial charge in [0.1, 0.15) is 17.3 Å². The number of nitrogens with zero attached hydrogens (tertiary/aromatic N) is 6. The van der Waals surface area contributed by atoms with Crippen molar-refractivity contribution in [2.75, 3.05) is 30.4 Å². The summed E-state index contributed by atoms with van der Waals surface area (Å²) in [6.07, 6.45) is 7.23. The Balaban J connectivity index is 1.41. The first-order valence-electron chi connectivity index (χ1n) is 11.2. The molecule has 1 aliphatic carbocycles. The molecule has 11 heteroatoms. The second-order valence-electron chi connectivity index (χ2n) is 9.18. The first kappa shape index (κ1) is 19.5. The van der Waals surface area contributed by atoms with Gasteiger partial charge in [-0.2, -0.15) is 15.1 Å². The number of nitrogens with two attached hydrogens (primary N) is 1. The van der Waals surface area contributed by atoms with E-state index in [9.17, 15) is 4.39 Å². The largest absolute Gasteiger partial charge is 0.421 e. The Bertz CT molecular complexity index is 1590. The summed E-state index contributed by atoms with van der Waals surface area (Å²) in [6.45, 7) is 1.48. The van der Waals surface area contributed by atoms with Crippen LogP contribution in [0.2, 0.25) is 0 Å². The molecule has 2 aliphatic rings. The Kier molecular flexibility index (Phi) is 3.87. The number of ether oxygens (including phenoxy) is 1. The number of halogens is 1. The lowest BCUT2D eigenvalue weighted by Crippen LogP contribution is -2.30. The minimum atomic E-state index is -0.334. The number of anilines is 2. The Morgan fingerprint density at radius 3 is 2.97 bits per heavy atom. The van der Waals surface area contributed by atoms with Crippen LogP contribution in [0.15, 0.2) is 36.8 Å². The summed E-state index contributed by atoms with van der Waals surface area (Å²) in [6, 6.07) is 5.01. The molecule has 4 aromatic heterocycles. The molecule has 0 amide bonds. The lowest BCUT2D eigenvalue weighted by molar-refractivity contribution is 0.438. The van der Waals surface area contributed by atoms with Gasteiger partial charge in [-0.25, -0.2) is 13.9 Å². The summed E-state index contributed by atoms with van der Waals surface area (Å²) in [5, 5.41) is 8.73. The number of aromatic nitrogens is 6. The second kappa shape index (κ2) is 6.76. The van der Waals surface area contributed by atoms with Crippen LogP contribution in [0.1, 0.15) is 12.8 Å². The lowest BCUT2D eigenvalue weighted by atomic mass is 10.0. The van der Waals surface area contributed by atoms with Crippen LogP contribution in [0.25, 0.3) is 27.6 Å². The van der Waals surface area contributed by atoms with Crippen molar-refractivity contribution in [2.24, 2.45) is 11.1 Å². The summed E-state index contributed by atoms with van der Waals surface area (Å²) >= 11 is 0. The second-order valence-corrected chi connectivity index (χ2v) is 9.18. The molecule has 1 unspecified atom stereocenters. The highest BCUT2D eigenvalue weighted by Gasteiger charge is 2.54. The summed E-state index contributed by atoms with van der Waals surface area (Å²) < 4.78 is 22.1. The first-order chi connectivity index (χ1) is 16.5. The van der Waals surface area contributed by atoms with E-state index in [1.165, 1.54) is 12.1 Å². The molecular weight excluding hydrogens is 437 g/mol. The smallest absolute Gasteiger partial charge is 0.326 e. The third-order valence-electron chi connectivity index (χ3n) is 7.09. The average Bonchev–Trinajstić information content (AvgIpc) is 3.14. The Morgan fingerprint density at radius 1 is 1.29 bits per heavy atom. The van der Waals surface area contributed by atoms with Crippen LogP contribution in [-0.2, 0) is 0 Å². The molecule has 1 aromatic carbocycles. The van der Waals surface area contributed by atoms with Crippen molar-refractivity contribution in [3.63, 3.8) is 0 Å². The number of hydrogen-bond donors (Lipinski definition) is 3. The molecule has 0 radical (unpaired) electrons. The molecule has 2 fully saturated rings. The van der Waals surface area contributed by atoms with Gasteiger partial charge in [-0.05, 0) is 25.0 Å². The highest BCUT2D eigenvalue weighted by Crippen LogP contribution is 2.53. The highest BCUT2D eigenvalue weighted by atomic mass is 19.1. The van der Waals surface area contributed by atoms with Gasteiger partial charge in [0.15, 0.2) is 11.4 Å². The zero-order valence-electron chi connectivity index (χ0n) is 18.4. The summed E-state index contributed by atoms with van der Waals surface area (Å²) in [4.78, 5) is 19.3. The molecule has 34 heavy (non-hydrogen) atoms. The van der Waals surface area contributed by atoms with Crippen LogP contribution >= 0.6 is 0 Å². The highest BCUT2D eigenvalue weighted by molar-refractivity contribution is 6.14. The topological polar surface area (TPSA) is 122 Å². The SMILES string of the molecule is CNc1cc(F)cc2c1[nH]c1nc(Oc3cnc4ccnn4c3)nc(N3CC(N)C4(CC4)C3)c12. The molecule has 0 bridgehead atoms. The molecule has 5 aromatic rings. The number of nitrogens with one attached hydrogen (secondary N) is 2. The quantitative estimate of drug-likeness (QED) is 0.375. The van der Waals surface area contributed by atoms with E-state index in [1.807, 2.05) is 0 Å². The zero-order chi connectivity index (χ0) is 23.0. The van der Waals surface area contributed by atoms with Crippen LogP contribution in [0, 0.1) is 11.2 Å². The van der Waals surface area contributed by atoms with Gasteiger partial charge in [0.05, 0.1) is 35.2 Å². The van der Waals surface area contributed by atoms with Crippen LogP contribution in [-0.4, -0.2) is 55.7 Å². The molecule has 1 saturated heterocycles. The number of H-pyrrole nitrogens is 1. The predicted molar refractivity (Wildman–Crippen MR) is 126 cm³/mol. The van der Waals surface area contributed by atoms with Crippen molar-refractivity contribution in [1.29, 1.82) is 0 Å². The van der Waals surface area contributed by atoms with E-state index in [0.717, 1.165) is 30.3 Å². The van der Waals surface area contributed by atoms with E-state index in [-0.39, 0.29) is 23.3 Å². The number of fused-ring (bicyclic) bond motifs is 4. The molecule has 1 aliphatic heterocycles. The van der Waals surface area contributed by atoms with Crippen LogP contribution in [0.4, 0.5) is 15.9 Å². The van der Waals surface area contributed by atoms with Crippen molar-refractivity contribution >= 4 is 39.1 Å². The van der Waals surface area contributed by atoms with Crippen LogP contribution in [0.3, 0.4) is 0 Å². The van der Waals surface area contributed by atoms with Crippen molar-refractivity contribution in [1.82, 2.24) is 29.5 Å². The molecule has 1 spiro atoms. The van der Waals surface area contributed by atoms with E-state index in [1.54, 1.807) is 36.2 Å². The first-order valence-corrected chi connectivity index (χ1v) is 11.2. The number of benzene rings is 1. The van der Waals surface area contributed by atoms with E-state index in [2.05, 4.69) is 30.3 Å². The fraction of sp³-hybridized carbons (Fsp3) is 0.304. The van der Waals surface area contributed by atoms with Gasteiger partial charge in [0, 0.05) is 43.0 Å². The summed E-state index contributed by atoms with van der Waals surface area (Å²) in [7, 11) is 1.76. The molecule has 172 valence electrons. The third kappa shape index (κ3) is 2.83. The fourth-order valence-electron chi connectivity index (χ4n) is 5.09.